The van der Waals surface area contributed by atoms with E-state index in [4.69, 9.17) is 21.1 Å². The van der Waals surface area contributed by atoms with Gasteiger partial charge in [-0.3, -0.25) is 4.90 Å². The number of hydrogen-bond donors (Lipinski definition) is 1. The number of aromatic amines is 1. The number of H-pyrrole nitrogens is 1. The number of fused-ring (bicyclic) bond motifs is 3. The monoisotopic (exact) mass is 647 g/mol. The predicted molar refractivity (Wildman–Crippen MR) is 192 cm³/mol. The summed E-state index contributed by atoms with van der Waals surface area (Å²) in [7, 11) is 0. The number of nitrogens with one attached hydrogen (secondary N) is 1. The molecular weight excluding hydrogens is 606 g/mol. The lowest BCUT2D eigenvalue weighted by Gasteiger charge is -2.43. The fraction of sp³-hybridized carbons (Fsp3) is 0.325. The molecule has 1 fully saturated rings. The van der Waals surface area contributed by atoms with Crippen LogP contribution in [-0.2, 0) is 4.74 Å². The minimum Gasteiger partial charge on any atom is -0.468 e. The fourth-order valence-electron chi connectivity index (χ4n) is 7.19. The van der Waals surface area contributed by atoms with Crippen LogP contribution in [0.1, 0.15) is 56.0 Å². The van der Waals surface area contributed by atoms with Crippen LogP contribution < -0.4 is 9.64 Å². The number of halogens is 1. The maximum absolute atomic E-state index is 12.4. The standard InChI is InChI=1S/C40H42ClN3O3/c1-4-46-39(45)28-14-18-31(19-15-28)44-23-22-43(25-29-20-21-40(2,3)24-33(29)27-12-16-30(41)17-13-27)26-37(44)47-36-11-7-10-35-38(36)32-8-5-6-9-34(32)42-35/h5-19,37,42H,4,20-26H2,1-3H3. The molecule has 1 atom stereocenters. The maximum Gasteiger partial charge on any atom is 0.338 e. The van der Waals surface area contributed by atoms with E-state index in [2.05, 4.69) is 83.2 Å². The van der Waals surface area contributed by atoms with Crippen LogP contribution in [0, 0.1) is 5.41 Å². The number of carbonyl (C=O) groups is 1. The Bertz CT molecular complexity index is 1930. The molecule has 7 rings (SSSR count). The summed E-state index contributed by atoms with van der Waals surface area (Å²) in [6.45, 7) is 10.3. The first-order chi connectivity index (χ1) is 22.8. The molecular formula is C40H42ClN3O3. The molecule has 0 spiro atoms. The molecule has 47 heavy (non-hydrogen) atoms. The minimum atomic E-state index is -0.303. The summed E-state index contributed by atoms with van der Waals surface area (Å²) in [5, 5.41) is 3.02. The first-order valence-corrected chi connectivity index (χ1v) is 17.0. The van der Waals surface area contributed by atoms with Crippen LogP contribution >= 0.6 is 11.6 Å². The number of carbonyl (C=O) groups excluding carboxylic acids is 1. The Morgan fingerprint density at radius 1 is 0.936 bits per heavy atom. The third-order valence-corrected chi connectivity index (χ3v) is 9.93. The summed E-state index contributed by atoms with van der Waals surface area (Å²) in [5.74, 6) is 0.559. The molecule has 1 saturated heterocycles. The highest BCUT2D eigenvalue weighted by Gasteiger charge is 2.33. The fourth-order valence-corrected chi connectivity index (χ4v) is 7.32. The van der Waals surface area contributed by atoms with Crippen molar-refractivity contribution in [2.75, 3.05) is 37.7 Å². The Kier molecular flexibility index (Phi) is 8.73. The predicted octanol–water partition coefficient (Wildman–Crippen LogP) is 9.34. The van der Waals surface area contributed by atoms with E-state index in [1.807, 2.05) is 43.3 Å². The average molecular weight is 648 g/mol. The number of rotatable bonds is 8. The summed E-state index contributed by atoms with van der Waals surface area (Å²) >= 11 is 6.28. The van der Waals surface area contributed by atoms with Crippen molar-refractivity contribution in [2.45, 2.75) is 46.3 Å². The van der Waals surface area contributed by atoms with Gasteiger partial charge < -0.3 is 19.4 Å². The van der Waals surface area contributed by atoms with Crippen molar-refractivity contribution < 1.29 is 14.3 Å². The van der Waals surface area contributed by atoms with Crippen molar-refractivity contribution in [1.82, 2.24) is 9.88 Å². The number of hydrogen-bond acceptors (Lipinski definition) is 5. The molecule has 1 N–H and O–H groups in total. The van der Waals surface area contributed by atoms with Gasteiger partial charge in [0, 0.05) is 46.6 Å². The van der Waals surface area contributed by atoms with Crippen molar-refractivity contribution in [2.24, 2.45) is 5.41 Å². The summed E-state index contributed by atoms with van der Waals surface area (Å²) in [6.07, 6.45) is 3.07. The molecule has 1 aliphatic carbocycles. The molecule has 0 amide bonds. The number of allylic oxidation sites excluding steroid dienone is 1. The molecule has 2 aliphatic rings. The quantitative estimate of drug-likeness (QED) is 0.170. The van der Waals surface area contributed by atoms with Gasteiger partial charge in [0.05, 0.1) is 24.2 Å². The van der Waals surface area contributed by atoms with Gasteiger partial charge in [0.1, 0.15) is 5.75 Å². The smallest absolute Gasteiger partial charge is 0.338 e. The van der Waals surface area contributed by atoms with Crippen LogP contribution in [-0.4, -0.2) is 54.9 Å². The zero-order chi connectivity index (χ0) is 32.5. The minimum absolute atomic E-state index is 0.240. The van der Waals surface area contributed by atoms with E-state index in [1.165, 1.54) is 23.1 Å². The zero-order valence-electron chi connectivity index (χ0n) is 27.4. The number of anilines is 1. The summed E-state index contributed by atoms with van der Waals surface area (Å²) in [5.41, 5.74) is 8.23. The molecule has 1 aliphatic heterocycles. The normalized spacial score (nSPS) is 18.6. The number of para-hydroxylation sites is 1. The van der Waals surface area contributed by atoms with Gasteiger partial charge in [0.15, 0.2) is 6.23 Å². The van der Waals surface area contributed by atoms with Gasteiger partial charge in [-0.15, -0.1) is 0 Å². The van der Waals surface area contributed by atoms with Gasteiger partial charge in [-0.2, -0.15) is 0 Å². The van der Waals surface area contributed by atoms with Crippen molar-refractivity contribution in [3.63, 3.8) is 0 Å². The van der Waals surface area contributed by atoms with Crippen LogP contribution in [0.4, 0.5) is 5.69 Å². The van der Waals surface area contributed by atoms with Crippen LogP contribution in [0.5, 0.6) is 5.75 Å². The Balaban J connectivity index is 1.22. The molecule has 242 valence electrons. The highest BCUT2D eigenvalue weighted by atomic mass is 35.5. The highest BCUT2D eigenvalue weighted by Crippen LogP contribution is 2.43. The van der Waals surface area contributed by atoms with Gasteiger partial charge in [-0.25, -0.2) is 4.79 Å². The third kappa shape index (κ3) is 6.63. The van der Waals surface area contributed by atoms with Crippen LogP contribution in [0.15, 0.2) is 96.6 Å². The molecule has 0 bridgehead atoms. The number of benzene rings is 4. The second-order valence-corrected chi connectivity index (χ2v) is 14.0. The number of nitrogens with zero attached hydrogens (tertiary/aromatic N) is 2. The number of esters is 1. The molecule has 2 heterocycles. The van der Waals surface area contributed by atoms with Crippen molar-refractivity contribution >= 4 is 50.6 Å². The number of aromatic nitrogens is 1. The Labute approximate surface area is 281 Å². The molecule has 5 aromatic rings. The van der Waals surface area contributed by atoms with Crippen molar-refractivity contribution in [1.29, 1.82) is 0 Å². The lowest BCUT2D eigenvalue weighted by molar-refractivity contribution is 0.0526. The highest BCUT2D eigenvalue weighted by molar-refractivity contribution is 6.30. The Morgan fingerprint density at radius 2 is 1.70 bits per heavy atom. The van der Waals surface area contributed by atoms with E-state index < -0.39 is 0 Å². The molecule has 6 nitrogen and oxygen atoms in total. The molecule has 0 saturated carbocycles. The summed E-state index contributed by atoms with van der Waals surface area (Å²) in [4.78, 5) is 20.8. The van der Waals surface area contributed by atoms with Gasteiger partial charge >= 0.3 is 5.97 Å². The van der Waals surface area contributed by atoms with Crippen LogP contribution in [0.25, 0.3) is 27.4 Å². The van der Waals surface area contributed by atoms with Gasteiger partial charge in [0.2, 0.25) is 0 Å². The van der Waals surface area contributed by atoms with Crippen molar-refractivity contribution in [3.8, 4) is 5.75 Å². The molecule has 7 heteroatoms. The van der Waals surface area contributed by atoms with E-state index in [1.54, 1.807) is 0 Å². The first kappa shape index (κ1) is 31.3. The molecule has 4 aromatic carbocycles. The topological polar surface area (TPSA) is 57.8 Å². The maximum atomic E-state index is 12.4. The lowest BCUT2D eigenvalue weighted by Crippen LogP contribution is -2.56. The second kappa shape index (κ2) is 13.1. The Morgan fingerprint density at radius 3 is 2.49 bits per heavy atom. The lowest BCUT2D eigenvalue weighted by atomic mass is 9.72. The largest absolute Gasteiger partial charge is 0.468 e. The van der Waals surface area contributed by atoms with Gasteiger partial charge in [-0.1, -0.05) is 67.4 Å². The van der Waals surface area contributed by atoms with Crippen LogP contribution in [0.3, 0.4) is 0 Å². The summed E-state index contributed by atoms with van der Waals surface area (Å²) < 4.78 is 12.3. The van der Waals surface area contributed by atoms with E-state index in [9.17, 15) is 4.79 Å². The molecule has 0 radical (unpaired) electrons. The van der Waals surface area contributed by atoms with Gasteiger partial charge in [0.25, 0.3) is 0 Å². The average Bonchev–Trinajstić information content (AvgIpc) is 3.46. The second-order valence-electron chi connectivity index (χ2n) is 13.5. The number of ether oxygens (including phenoxy) is 2. The van der Waals surface area contributed by atoms with Gasteiger partial charge in [-0.05, 0) is 97.3 Å². The SMILES string of the molecule is CCOC(=O)c1ccc(N2CCN(CC3=C(c4ccc(Cl)cc4)CC(C)(C)CC3)CC2Oc2cccc3[nH]c4ccccc4c23)cc1. The first-order valence-electron chi connectivity index (χ1n) is 16.7. The van der Waals surface area contributed by atoms with E-state index in [-0.39, 0.29) is 17.6 Å². The van der Waals surface area contributed by atoms with E-state index >= 15 is 0 Å². The molecule has 1 aromatic heterocycles. The van der Waals surface area contributed by atoms with E-state index in [0.717, 1.165) is 77.3 Å². The summed E-state index contributed by atoms with van der Waals surface area (Å²) in [6, 6.07) is 30.7. The molecule has 1 unspecified atom stereocenters. The van der Waals surface area contributed by atoms with Crippen molar-refractivity contribution in [3.05, 3.63) is 113 Å². The Hall–Kier alpha value is -4.26. The van der Waals surface area contributed by atoms with E-state index in [0.29, 0.717) is 12.2 Å². The number of piperazine rings is 1. The third-order valence-electron chi connectivity index (χ3n) is 9.68. The zero-order valence-corrected chi connectivity index (χ0v) is 28.1. The van der Waals surface area contributed by atoms with Crippen LogP contribution in [0.2, 0.25) is 5.02 Å².